The zero-order valence-electron chi connectivity index (χ0n) is 15.6. The minimum atomic E-state index is -0.0877. The number of hydrogen-bond donors (Lipinski definition) is 1. The highest BCUT2D eigenvalue weighted by molar-refractivity contribution is 7.13. The van der Waals surface area contributed by atoms with Gasteiger partial charge in [0.15, 0.2) is 22.3 Å². The summed E-state index contributed by atoms with van der Waals surface area (Å²) in [5.41, 5.74) is 1.67. The molecule has 0 spiro atoms. The summed E-state index contributed by atoms with van der Waals surface area (Å²) in [7, 11) is 1.60. The Morgan fingerprint density at radius 3 is 2.81 bits per heavy atom. The molecule has 2 aromatic heterocycles. The number of methoxy groups -OCH3 is 1. The van der Waals surface area contributed by atoms with Crippen LogP contribution in [-0.4, -0.2) is 24.6 Å². The van der Waals surface area contributed by atoms with E-state index in [0.29, 0.717) is 24.7 Å². The topological polar surface area (TPSA) is 73.6 Å². The van der Waals surface area contributed by atoms with E-state index >= 15 is 0 Å². The lowest BCUT2D eigenvalue weighted by Gasteiger charge is -2.11. The third kappa shape index (κ3) is 4.89. The summed E-state index contributed by atoms with van der Waals surface area (Å²) < 4.78 is 16.4. The molecule has 0 aliphatic rings. The standard InChI is InChI=1S/C20H22N2O4S/c1-4-25-16-8-6-14(9-18(16)24-3)11-21-19(23)10-15-12-27-20(22-15)17-7-5-13(2)26-17/h5-9,12H,4,10-11H2,1-3H3,(H,21,23). The van der Waals surface area contributed by atoms with E-state index in [-0.39, 0.29) is 12.3 Å². The van der Waals surface area contributed by atoms with Gasteiger partial charge in [0.25, 0.3) is 0 Å². The smallest absolute Gasteiger partial charge is 0.226 e. The van der Waals surface area contributed by atoms with Crippen molar-refractivity contribution in [3.63, 3.8) is 0 Å². The van der Waals surface area contributed by atoms with E-state index in [1.807, 2.05) is 49.6 Å². The fourth-order valence-electron chi connectivity index (χ4n) is 2.58. The Hall–Kier alpha value is -2.80. The second-order valence-corrected chi connectivity index (χ2v) is 6.78. The molecule has 0 bridgehead atoms. The second-order valence-electron chi connectivity index (χ2n) is 5.93. The monoisotopic (exact) mass is 386 g/mol. The van der Waals surface area contributed by atoms with Crippen LogP contribution < -0.4 is 14.8 Å². The van der Waals surface area contributed by atoms with E-state index in [1.54, 1.807) is 7.11 Å². The molecule has 3 aromatic rings. The van der Waals surface area contributed by atoms with Crippen LogP contribution in [0.15, 0.2) is 40.1 Å². The Balaban J connectivity index is 1.56. The maximum atomic E-state index is 12.2. The third-order valence-electron chi connectivity index (χ3n) is 3.86. The number of rotatable bonds is 8. The van der Waals surface area contributed by atoms with E-state index in [0.717, 1.165) is 27.8 Å². The first-order valence-corrected chi connectivity index (χ1v) is 9.54. The maximum absolute atomic E-state index is 12.2. The van der Waals surface area contributed by atoms with Gasteiger partial charge in [0.1, 0.15) is 5.76 Å². The van der Waals surface area contributed by atoms with Gasteiger partial charge in [-0.25, -0.2) is 4.98 Å². The number of benzene rings is 1. The van der Waals surface area contributed by atoms with Gasteiger partial charge in [-0.05, 0) is 43.7 Å². The number of ether oxygens (including phenoxy) is 2. The number of aryl methyl sites for hydroxylation is 1. The number of nitrogens with one attached hydrogen (secondary N) is 1. The number of aromatic nitrogens is 1. The normalized spacial score (nSPS) is 10.6. The van der Waals surface area contributed by atoms with Crippen molar-refractivity contribution in [1.29, 1.82) is 0 Å². The molecule has 0 aliphatic heterocycles. The van der Waals surface area contributed by atoms with Crippen LogP contribution >= 0.6 is 11.3 Å². The van der Waals surface area contributed by atoms with Gasteiger partial charge in [-0.15, -0.1) is 11.3 Å². The molecule has 1 N–H and O–H groups in total. The van der Waals surface area contributed by atoms with Crippen molar-refractivity contribution in [2.75, 3.05) is 13.7 Å². The van der Waals surface area contributed by atoms with E-state index in [1.165, 1.54) is 11.3 Å². The van der Waals surface area contributed by atoms with Crippen LogP contribution in [0.25, 0.3) is 10.8 Å². The first kappa shape index (κ1) is 19.0. The van der Waals surface area contributed by atoms with Crippen molar-refractivity contribution in [1.82, 2.24) is 10.3 Å². The van der Waals surface area contributed by atoms with Crippen LogP contribution in [0.5, 0.6) is 11.5 Å². The highest BCUT2D eigenvalue weighted by atomic mass is 32.1. The number of nitrogens with zero attached hydrogens (tertiary/aromatic N) is 1. The van der Waals surface area contributed by atoms with Crippen molar-refractivity contribution in [2.45, 2.75) is 26.8 Å². The number of carbonyl (C=O) groups excluding carboxylic acids is 1. The van der Waals surface area contributed by atoms with Gasteiger partial charge < -0.3 is 19.2 Å². The molecule has 0 aliphatic carbocycles. The number of amides is 1. The van der Waals surface area contributed by atoms with Gasteiger partial charge >= 0.3 is 0 Å². The van der Waals surface area contributed by atoms with E-state index in [2.05, 4.69) is 10.3 Å². The average Bonchev–Trinajstić information content (AvgIpc) is 3.30. The van der Waals surface area contributed by atoms with E-state index in [4.69, 9.17) is 13.9 Å². The molecule has 142 valence electrons. The Morgan fingerprint density at radius 1 is 1.26 bits per heavy atom. The van der Waals surface area contributed by atoms with Crippen LogP contribution in [0.2, 0.25) is 0 Å². The molecule has 0 saturated carbocycles. The molecule has 6 nitrogen and oxygen atoms in total. The molecular formula is C20H22N2O4S. The summed E-state index contributed by atoms with van der Waals surface area (Å²) in [5.74, 6) is 2.82. The molecule has 3 rings (SSSR count). The number of carbonyl (C=O) groups is 1. The Bertz CT molecular complexity index is 916. The minimum Gasteiger partial charge on any atom is -0.493 e. The minimum absolute atomic E-state index is 0.0877. The zero-order chi connectivity index (χ0) is 19.2. The highest BCUT2D eigenvalue weighted by Crippen LogP contribution is 2.28. The van der Waals surface area contributed by atoms with Gasteiger partial charge in [0.2, 0.25) is 5.91 Å². The zero-order valence-corrected chi connectivity index (χ0v) is 16.4. The molecule has 0 unspecified atom stereocenters. The quantitative estimate of drug-likeness (QED) is 0.634. The Labute approximate surface area is 162 Å². The molecule has 2 heterocycles. The Morgan fingerprint density at radius 2 is 2.11 bits per heavy atom. The van der Waals surface area contributed by atoms with Gasteiger partial charge in [0.05, 0.1) is 25.8 Å². The highest BCUT2D eigenvalue weighted by Gasteiger charge is 2.12. The predicted molar refractivity (Wildman–Crippen MR) is 104 cm³/mol. The largest absolute Gasteiger partial charge is 0.493 e. The van der Waals surface area contributed by atoms with Crippen molar-refractivity contribution >= 4 is 17.2 Å². The second kappa shape index (κ2) is 8.73. The summed E-state index contributed by atoms with van der Waals surface area (Å²) in [6, 6.07) is 9.41. The lowest BCUT2D eigenvalue weighted by Crippen LogP contribution is -2.24. The van der Waals surface area contributed by atoms with Gasteiger partial charge in [-0.3, -0.25) is 4.79 Å². The van der Waals surface area contributed by atoms with Crippen molar-refractivity contribution in [2.24, 2.45) is 0 Å². The predicted octanol–water partition coefficient (Wildman–Crippen LogP) is 3.98. The van der Waals surface area contributed by atoms with Crippen LogP contribution in [0.4, 0.5) is 0 Å². The van der Waals surface area contributed by atoms with Crippen LogP contribution in [0.1, 0.15) is 23.9 Å². The molecule has 1 aromatic carbocycles. The molecule has 0 saturated heterocycles. The van der Waals surface area contributed by atoms with Gasteiger partial charge in [0, 0.05) is 11.9 Å². The molecular weight excluding hydrogens is 364 g/mol. The molecule has 0 atom stereocenters. The van der Waals surface area contributed by atoms with Crippen molar-refractivity contribution in [3.8, 4) is 22.3 Å². The average molecular weight is 386 g/mol. The van der Waals surface area contributed by atoms with Crippen LogP contribution in [0.3, 0.4) is 0 Å². The number of thiazole rings is 1. The third-order valence-corrected chi connectivity index (χ3v) is 4.77. The number of hydrogen-bond acceptors (Lipinski definition) is 6. The molecule has 27 heavy (non-hydrogen) atoms. The fraction of sp³-hybridized carbons (Fsp3) is 0.300. The lowest BCUT2D eigenvalue weighted by molar-refractivity contribution is -0.120. The molecule has 0 radical (unpaired) electrons. The van der Waals surface area contributed by atoms with Crippen molar-refractivity contribution in [3.05, 3.63) is 52.7 Å². The lowest BCUT2D eigenvalue weighted by atomic mass is 10.2. The van der Waals surface area contributed by atoms with E-state index in [9.17, 15) is 4.79 Å². The summed E-state index contributed by atoms with van der Waals surface area (Å²) in [6.45, 7) is 4.79. The number of furan rings is 1. The summed E-state index contributed by atoms with van der Waals surface area (Å²) in [6.07, 6.45) is 0.227. The van der Waals surface area contributed by atoms with Crippen LogP contribution in [-0.2, 0) is 17.8 Å². The SMILES string of the molecule is CCOc1ccc(CNC(=O)Cc2csc(-c3ccc(C)o3)n2)cc1OC. The molecule has 7 heteroatoms. The summed E-state index contributed by atoms with van der Waals surface area (Å²) in [4.78, 5) is 16.7. The maximum Gasteiger partial charge on any atom is 0.226 e. The fourth-order valence-corrected chi connectivity index (χ4v) is 3.35. The summed E-state index contributed by atoms with van der Waals surface area (Å²) >= 11 is 1.47. The van der Waals surface area contributed by atoms with E-state index < -0.39 is 0 Å². The van der Waals surface area contributed by atoms with Gasteiger partial charge in [-0.1, -0.05) is 6.07 Å². The summed E-state index contributed by atoms with van der Waals surface area (Å²) in [5, 5.41) is 5.57. The first-order valence-electron chi connectivity index (χ1n) is 8.66. The van der Waals surface area contributed by atoms with Crippen molar-refractivity contribution < 1.29 is 18.7 Å². The molecule has 1 amide bonds. The van der Waals surface area contributed by atoms with Crippen LogP contribution in [0, 0.1) is 6.92 Å². The first-order chi connectivity index (χ1) is 13.1. The van der Waals surface area contributed by atoms with Gasteiger partial charge in [-0.2, -0.15) is 0 Å². The Kier molecular flexibility index (Phi) is 6.13. The molecule has 0 fully saturated rings.